The van der Waals surface area contributed by atoms with Crippen molar-refractivity contribution in [3.05, 3.63) is 215 Å². The monoisotopic (exact) mass is 731 g/mol. The van der Waals surface area contributed by atoms with E-state index in [1.54, 1.807) is 0 Å². The van der Waals surface area contributed by atoms with Crippen LogP contribution in [0.3, 0.4) is 0 Å². The van der Waals surface area contributed by atoms with Gasteiger partial charge in [-0.2, -0.15) is 0 Å². The maximum atomic E-state index is 5.81. The van der Waals surface area contributed by atoms with Crippen LogP contribution in [0.15, 0.2) is 192 Å². The van der Waals surface area contributed by atoms with Gasteiger partial charge >= 0.3 is 6.21 Å². The molecule has 1 N–H and O–H groups in total. The quantitative estimate of drug-likeness (QED) is 0.0805. The molecule has 2 atom stereocenters. The maximum Gasteiger partial charge on any atom is 0.310 e. The number of hydrogen-bond acceptors (Lipinski definition) is 3. The minimum atomic E-state index is -0.683. The SMILES string of the molecule is C(C=[N+]=C1CCCC[C@@H]1NC(c1ccccc1)(c1ccccc1)c1ccccc1)=NC1CCCCC1=NC(c1ccccc1)(c1ccccc1)c1ccccc1. The third-order valence-electron chi connectivity index (χ3n) is 11.6. The molecule has 6 aromatic rings. The fourth-order valence-electron chi connectivity index (χ4n) is 8.87. The van der Waals surface area contributed by atoms with Gasteiger partial charge in [-0.25, -0.2) is 0 Å². The largest absolute Gasteiger partial charge is 0.310 e. The van der Waals surface area contributed by atoms with Crippen LogP contribution in [0, 0.1) is 0 Å². The van der Waals surface area contributed by atoms with Gasteiger partial charge in [0, 0.05) is 12.1 Å². The molecule has 0 amide bonds. The van der Waals surface area contributed by atoms with Gasteiger partial charge in [-0.05, 0) is 65.5 Å². The average molecular weight is 732 g/mol. The molecule has 2 saturated carbocycles. The van der Waals surface area contributed by atoms with Crippen LogP contribution in [-0.2, 0) is 11.1 Å². The molecule has 0 heterocycles. The maximum absolute atomic E-state index is 5.81. The molecule has 6 aromatic carbocycles. The number of nitrogens with zero attached hydrogens (tertiary/aromatic N) is 3. The number of rotatable bonds is 11. The highest BCUT2D eigenvalue weighted by Crippen LogP contribution is 2.42. The van der Waals surface area contributed by atoms with Crippen LogP contribution in [-0.4, -0.2) is 35.9 Å². The van der Waals surface area contributed by atoms with Crippen molar-refractivity contribution < 1.29 is 0 Å². The molecule has 0 saturated heterocycles. The van der Waals surface area contributed by atoms with Gasteiger partial charge in [0.15, 0.2) is 0 Å². The fourth-order valence-corrected chi connectivity index (χ4v) is 8.87. The summed E-state index contributed by atoms with van der Waals surface area (Å²) in [6.07, 6.45) is 12.3. The van der Waals surface area contributed by atoms with Gasteiger partial charge in [0.2, 0.25) is 0 Å². The van der Waals surface area contributed by atoms with E-state index in [1.165, 1.54) is 22.4 Å². The highest BCUT2D eigenvalue weighted by molar-refractivity contribution is 6.17. The third-order valence-corrected chi connectivity index (χ3v) is 11.6. The molecule has 4 nitrogen and oxygen atoms in total. The van der Waals surface area contributed by atoms with Gasteiger partial charge < -0.3 is 0 Å². The van der Waals surface area contributed by atoms with Gasteiger partial charge in [-0.3, -0.25) is 15.3 Å². The Morgan fingerprint density at radius 2 is 0.893 bits per heavy atom. The first-order chi connectivity index (χ1) is 27.8. The number of aliphatic imine (C=N–C) groups is 2. The molecule has 2 fully saturated rings. The van der Waals surface area contributed by atoms with Gasteiger partial charge in [0.05, 0.1) is 11.6 Å². The number of benzene rings is 6. The lowest BCUT2D eigenvalue weighted by atomic mass is 9.75. The summed E-state index contributed by atoms with van der Waals surface area (Å²) in [4.78, 5) is 11.0. The van der Waals surface area contributed by atoms with Crippen LogP contribution in [0.2, 0.25) is 0 Å². The van der Waals surface area contributed by atoms with Crippen molar-refractivity contribution in [3.8, 4) is 0 Å². The fraction of sp³-hybridized carbons (Fsp3) is 0.231. The summed E-state index contributed by atoms with van der Waals surface area (Å²) >= 11 is 0. The first kappa shape index (κ1) is 37.0. The summed E-state index contributed by atoms with van der Waals surface area (Å²) in [5, 5.41) is 4.22. The zero-order chi connectivity index (χ0) is 37.9. The molecule has 4 heteroatoms. The van der Waals surface area contributed by atoms with E-state index in [2.05, 4.69) is 187 Å². The standard InChI is InChI=1S/C52H51N4/c1-7-23-41(24-8-1)51(42-25-9-2-10-26-42,43-27-11-3-12-28-43)55-49-37-21-19-35-47(49)53-39-40-54-48-36-20-22-38-50(48)56-52(44-29-13-4-14-30-44,45-31-15-5-16-32-45)46-33-17-6-18-34-46/h1-18,23-34,39-40,47,50,56H,19-22,35-38H2/q+1/t47?,50-/m0/s1. The summed E-state index contributed by atoms with van der Waals surface area (Å²) in [5.74, 6) is 0. The predicted octanol–water partition coefficient (Wildman–Crippen LogP) is 10.5. The Kier molecular flexibility index (Phi) is 11.7. The molecule has 0 spiro atoms. The second kappa shape index (κ2) is 17.7. The van der Waals surface area contributed by atoms with E-state index in [0.717, 1.165) is 73.8 Å². The minimum Gasteiger partial charge on any atom is -0.287 e. The molecule has 0 bridgehead atoms. The zero-order valence-electron chi connectivity index (χ0n) is 32.1. The van der Waals surface area contributed by atoms with Gasteiger partial charge in [-0.1, -0.05) is 200 Å². The summed E-state index contributed by atoms with van der Waals surface area (Å²) in [7, 11) is 0. The van der Waals surface area contributed by atoms with Crippen molar-refractivity contribution in [1.82, 2.24) is 9.98 Å². The summed E-state index contributed by atoms with van der Waals surface area (Å²) in [5.41, 5.74) is 8.23. The van der Waals surface area contributed by atoms with Crippen molar-refractivity contribution in [3.63, 3.8) is 0 Å². The van der Waals surface area contributed by atoms with Gasteiger partial charge in [0.25, 0.3) is 5.71 Å². The molecule has 8 rings (SSSR count). The van der Waals surface area contributed by atoms with Crippen LogP contribution in [0.25, 0.3) is 0 Å². The van der Waals surface area contributed by atoms with E-state index in [0.29, 0.717) is 0 Å². The topological polar surface area (TPSA) is 50.9 Å². The lowest BCUT2D eigenvalue weighted by molar-refractivity contribution is 0.405. The van der Waals surface area contributed by atoms with E-state index in [-0.39, 0.29) is 12.1 Å². The summed E-state index contributed by atoms with van der Waals surface area (Å²) < 4.78 is 5.20. The predicted molar refractivity (Wildman–Crippen MR) is 235 cm³/mol. The Bertz CT molecular complexity index is 2070. The third kappa shape index (κ3) is 7.77. The Hall–Kier alpha value is -5.93. The van der Waals surface area contributed by atoms with Crippen molar-refractivity contribution in [1.29, 1.82) is 0 Å². The first-order valence-corrected chi connectivity index (χ1v) is 20.4. The molecule has 2 aliphatic rings. The van der Waals surface area contributed by atoms with Crippen LogP contribution >= 0.6 is 0 Å². The molecule has 1 unspecified atom stereocenters. The van der Waals surface area contributed by atoms with Crippen molar-refractivity contribution in [2.24, 2.45) is 9.98 Å². The number of hydrogen-bond donors (Lipinski definition) is 1. The highest BCUT2D eigenvalue weighted by Gasteiger charge is 2.42. The Morgan fingerprint density at radius 3 is 1.36 bits per heavy atom. The molecular formula is C52H51N4+. The van der Waals surface area contributed by atoms with Crippen molar-refractivity contribution in [2.45, 2.75) is 74.5 Å². The Labute approximate surface area is 332 Å². The van der Waals surface area contributed by atoms with Crippen molar-refractivity contribution >= 4 is 23.9 Å². The first-order valence-electron chi connectivity index (χ1n) is 20.4. The number of nitrogens with one attached hydrogen (secondary N) is 1. The second-order valence-corrected chi connectivity index (χ2v) is 15.0. The molecule has 2 aliphatic carbocycles. The van der Waals surface area contributed by atoms with Crippen LogP contribution in [0.4, 0.5) is 0 Å². The Morgan fingerprint density at radius 1 is 0.482 bits per heavy atom. The molecule has 0 radical (unpaired) electrons. The van der Waals surface area contributed by atoms with E-state index >= 15 is 0 Å². The summed E-state index contributed by atoms with van der Waals surface area (Å²) in [6, 6.07) is 65.0. The van der Waals surface area contributed by atoms with Crippen LogP contribution < -0.4 is 9.98 Å². The normalized spacial score (nSPS) is 18.4. The van der Waals surface area contributed by atoms with E-state index in [1.807, 2.05) is 12.4 Å². The zero-order valence-corrected chi connectivity index (χ0v) is 32.1. The molecule has 56 heavy (non-hydrogen) atoms. The molecular weight excluding hydrogens is 681 g/mol. The van der Waals surface area contributed by atoms with Crippen molar-refractivity contribution in [2.75, 3.05) is 0 Å². The molecule has 0 aliphatic heterocycles. The minimum absolute atomic E-state index is 0.00196. The van der Waals surface area contributed by atoms with E-state index in [9.17, 15) is 0 Å². The van der Waals surface area contributed by atoms with Gasteiger partial charge in [0.1, 0.15) is 17.8 Å². The summed E-state index contributed by atoms with van der Waals surface area (Å²) in [6.45, 7) is 0. The lowest BCUT2D eigenvalue weighted by Gasteiger charge is -2.40. The lowest BCUT2D eigenvalue weighted by Crippen LogP contribution is -2.53. The molecule has 278 valence electrons. The second-order valence-electron chi connectivity index (χ2n) is 15.0. The smallest absolute Gasteiger partial charge is 0.287 e. The molecule has 0 aromatic heterocycles. The average Bonchev–Trinajstić information content (AvgIpc) is 3.29. The van der Waals surface area contributed by atoms with E-state index < -0.39 is 11.1 Å². The van der Waals surface area contributed by atoms with Crippen LogP contribution in [0.5, 0.6) is 0 Å². The van der Waals surface area contributed by atoms with E-state index in [4.69, 9.17) is 14.7 Å². The van der Waals surface area contributed by atoms with Crippen LogP contribution in [0.1, 0.15) is 84.7 Å². The van der Waals surface area contributed by atoms with Gasteiger partial charge in [-0.15, -0.1) is 0 Å². The Balaban J connectivity index is 1.16. The highest BCUT2D eigenvalue weighted by atomic mass is 15.0.